The van der Waals surface area contributed by atoms with E-state index in [-0.39, 0.29) is 23.8 Å². The van der Waals surface area contributed by atoms with Crippen molar-refractivity contribution < 1.29 is 19.1 Å². The normalized spacial score (nSPS) is 24.9. The minimum Gasteiger partial charge on any atom is -0.489 e. The summed E-state index contributed by atoms with van der Waals surface area (Å²) in [4.78, 5) is 39.5. The number of carbonyl (C=O) groups excluding carboxylic acids is 3. The van der Waals surface area contributed by atoms with Crippen molar-refractivity contribution in [3.8, 4) is 5.75 Å². The maximum Gasteiger partial charge on any atom is 0.242 e. The van der Waals surface area contributed by atoms with Gasteiger partial charge in [0.2, 0.25) is 17.7 Å². The molecular formula is C30H42N4O4. The van der Waals surface area contributed by atoms with Crippen molar-refractivity contribution in [3.05, 3.63) is 65.7 Å². The third-order valence-electron chi connectivity index (χ3n) is 7.01. The van der Waals surface area contributed by atoms with Gasteiger partial charge in [-0.2, -0.15) is 0 Å². The van der Waals surface area contributed by atoms with E-state index in [1.54, 1.807) is 6.92 Å². The molecule has 1 aliphatic heterocycles. The number of hydrogen-bond donors (Lipinski definition) is 4. The molecule has 5 atom stereocenters. The van der Waals surface area contributed by atoms with Crippen molar-refractivity contribution >= 4 is 17.7 Å². The van der Waals surface area contributed by atoms with Crippen molar-refractivity contribution in [1.82, 2.24) is 21.3 Å². The molecule has 1 unspecified atom stereocenters. The summed E-state index contributed by atoms with van der Waals surface area (Å²) in [6, 6.07) is 15.4. The van der Waals surface area contributed by atoms with Crippen molar-refractivity contribution in [2.45, 2.75) is 77.6 Å². The smallest absolute Gasteiger partial charge is 0.242 e. The Balaban J connectivity index is 1.83. The zero-order valence-electron chi connectivity index (χ0n) is 23.0. The fourth-order valence-corrected chi connectivity index (χ4v) is 4.50. The number of aryl methyl sites for hydroxylation is 1. The van der Waals surface area contributed by atoms with E-state index in [2.05, 4.69) is 21.3 Å². The summed E-state index contributed by atoms with van der Waals surface area (Å²) in [5.74, 6) is -0.0448. The molecule has 8 nitrogen and oxygen atoms in total. The van der Waals surface area contributed by atoms with Crippen LogP contribution >= 0.6 is 0 Å². The molecule has 3 amide bonds. The molecular weight excluding hydrogens is 480 g/mol. The molecule has 2 aromatic rings. The molecule has 1 heterocycles. The first-order chi connectivity index (χ1) is 18.3. The Hall–Kier alpha value is -3.39. The molecule has 0 radical (unpaired) electrons. The predicted octanol–water partition coefficient (Wildman–Crippen LogP) is 2.75. The highest BCUT2D eigenvalue weighted by Crippen LogP contribution is 2.21. The lowest BCUT2D eigenvalue weighted by Crippen LogP contribution is -2.57. The fraction of sp³-hybridized carbons (Fsp3) is 0.500. The van der Waals surface area contributed by atoms with Crippen molar-refractivity contribution in [2.75, 3.05) is 13.1 Å². The van der Waals surface area contributed by atoms with Gasteiger partial charge >= 0.3 is 0 Å². The number of carbonyl (C=O) groups is 3. The van der Waals surface area contributed by atoms with Crippen LogP contribution in [-0.4, -0.2) is 55.0 Å². The largest absolute Gasteiger partial charge is 0.489 e. The highest BCUT2D eigenvalue weighted by Gasteiger charge is 2.29. The van der Waals surface area contributed by atoms with Crippen LogP contribution in [0.5, 0.6) is 5.75 Å². The first kappa shape index (κ1) is 29.2. The first-order valence-corrected chi connectivity index (χ1v) is 13.7. The van der Waals surface area contributed by atoms with Crippen LogP contribution in [0.15, 0.2) is 54.6 Å². The molecule has 3 rings (SSSR count). The summed E-state index contributed by atoms with van der Waals surface area (Å²) in [5.41, 5.74) is 2.00. The van der Waals surface area contributed by atoms with E-state index >= 15 is 0 Å². The van der Waals surface area contributed by atoms with Crippen LogP contribution in [0.1, 0.15) is 51.7 Å². The topological polar surface area (TPSA) is 109 Å². The number of hydrogen-bond acceptors (Lipinski definition) is 5. The van der Waals surface area contributed by atoms with E-state index in [0.29, 0.717) is 19.5 Å². The molecule has 38 heavy (non-hydrogen) atoms. The molecule has 0 saturated heterocycles. The molecule has 0 aromatic heterocycles. The third kappa shape index (κ3) is 8.58. The number of nitrogens with one attached hydrogen (secondary N) is 4. The molecule has 0 saturated carbocycles. The second-order valence-corrected chi connectivity index (χ2v) is 10.2. The van der Waals surface area contributed by atoms with Crippen LogP contribution in [0.2, 0.25) is 0 Å². The van der Waals surface area contributed by atoms with Crippen LogP contribution in [-0.2, 0) is 27.2 Å². The van der Waals surface area contributed by atoms with Gasteiger partial charge in [0.05, 0.1) is 6.04 Å². The predicted molar refractivity (Wildman–Crippen MR) is 149 cm³/mol. The lowest BCUT2D eigenvalue weighted by atomic mass is 9.97. The summed E-state index contributed by atoms with van der Waals surface area (Å²) in [5, 5.41) is 12.0. The minimum absolute atomic E-state index is 0.0481. The van der Waals surface area contributed by atoms with Gasteiger partial charge in [-0.1, -0.05) is 68.8 Å². The van der Waals surface area contributed by atoms with E-state index in [1.165, 1.54) is 0 Å². The Labute approximate surface area is 226 Å². The SMILES string of the molecule is CCC(C)[C@@H]1NC[C@@H](C)Oc2ccccc2CCCNC(=O)[C@@H](Cc2ccccc2)NC(=O)[C@@H](C)NC1=O. The highest BCUT2D eigenvalue weighted by atomic mass is 16.5. The molecule has 8 heteroatoms. The molecule has 0 spiro atoms. The summed E-state index contributed by atoms with van der Waals surface area (Å²) in [7, 11) is 0. The third-order valence-corrected chi connectivity index (χ3v) is 7.01. The Morgan fingerprint density at radius 1 is 0.921 bits per heavy atom. The van der Waals surface area contributed by atoms with Gasteiger partial charge in [-0.3, -0.25) is 14.4 Å². The number of benzene rings is 2. The Bertz CT molecular complexity index is 1060. The van der Waals surface area contributed by atoms with E-state index in [9.17, 15) is 14.4 Å². The van der Waals surface area contributed by atoms with Gasteiger partial charge < -0.3 is 26.0 Å². The lowest BCUT2D eigenvalue weighted by molar-refractivity contribution is -0.132. The Kier molecular flexibility index (Phi) is 11.1. The van der Waals surface area contributed by atoms with Gasteiger partial charge in [-0.15, -0.1) is 0 Å². The monoisotopic (exact) mass is 522 g/mol. The summed E-state index contributed by atoms with van der Waals surface area (Å²) in [6.07, 6.45) is 2.44. The van der Waals surface area contributed by atoms with Gasteiger partial charge in [0.25, 0.3) is 0 Å². The number of para-hydroxylation sites is 1. The Morgan fingerprint density at radius 2 is 1.63 bits per heavy atom. The van der Waals surface area contributed by atoms with Crippen molar-refractivity contribution in [3.63, 3.8) is 0 Å². The molecule has 0 fully saturated rings. The van der Waals surface area contributed by atoms with Gasteiger partial charge in [0.15, 0.2) is 0 Å². The quantitative estimate of drug-likeness (QED) is 0.494. The van der Waals surface area contributed by atoms with E-state index in [1.807, 2.05) is 75.4 Å². The average molecular weight is 523 g/mol. The van der Waals surface area contributed by atoms with Gasteiger partial charge in [0.1, 0.15) is 23.9 Å². The second-order valence-electron chi connectivity index (χ2n) is 10.2. The fourth-order valence-electron chi connectivity index (χ4n) is 4.50. The highest BCUT2D eigenvalue weighted by molar-refractivity contribution is 5.93. The van der Waals surface area contributed by atoms with Crippen LogP contribution in [0.4, 0.5) is 0 Å². The van der Waals surface area contributed by atoms with Crippen LogP contribution in [0.3, 0.4) is 0 Å². The summed E-state index contributed by atoms with van der Waals surface area (Å²) < 4.78 is 6.24. The summed E-state index contributed by atoms with van der Waals surface area (Å²) >= 11 is 0. The molecule has 2 aromatic carbocycles. The van der Waals surface area contributed by atoms with Gasteiger partial charge in [-0.25, -0.2) is 0 Å². The average Bonchev–Trinajstić information content (AvgIpc) is 2.91. The Morgan fingerprint density at radius 3 is 2.37 bits per heavy atom. The van der Waals surface area contributed by atoms with Gasteiger partial charge in [-0.05, 0) is 49.8 Å². The van der Waals surface area contributed by atoms with Gasteiger partial charge in [0, 0.05) is 19.5 Å². The van der Waals surface area contributed by atoms with Crippen LogP contribution in [0, 0.1) is 5.92 Å². The number of fused-ring (bicyclic) bond motifs is 1. The molecule has 4 N–H and O–H groups in total. The lowest BCUT2D eigenvalue weighted by Gasteiger charge is -2.28. The molecule has 206 valence electrons. The standard InChI is InChI=1S/C30H42N4O4/c1-5-20(2)27-30(37)33-22(4)28(35)34-25(18-23-12-7-6-8-13-23)29(36)31-17-11-15-24-14-9-10-16-26(24)38-21(3)19-32-27/h6-10,12-14,16,20-22,25,27,32H,5,11,15,17-19H2,1-4H3,(H,31,36)(H,33,37)(H,34,35)/t20?,21-,22-,25-,27+/m1/s1. The first-order valence-electron chi connectivity index (χ1n) is 13.7. The molecule has 0 bridgehead atoms. The number of ether oxygens (including phenoxy) is 1. The zero-order valence-corrected chi connectivity index (χ0v) is 23.0. The number of amides is 3. The van der Waals surface area contributed by atoms with E-state index in [4.69, 9.17) is 4.74 Å². The maximum atomic E-state index is 13.2. The molecule has 0 aliphatic carbocycles. The zero-order chi connectivity index (χ0) is 27.5. The second kappa shape index (κ2) is 14.5. The van der Waals surface area contributed by atoms with E-state index < -0.39 is 24.0 Å². The van der Waals surface area contributed by atoms with E-state index in [0.717, 1.165) is 36.1 Å². The van der Waals surface area contributed by atoms with Crippen LogP contribution in [0.25, 0.3) is 0 Å². The molecule has 1 aliphatic rings. The number of rotatable bonds is 4. The van der Waals surface area contributed by atoms with Crippen LogP contribution < -0.4 is 26.0 Å². The minimum atomic E-state index is -0.804. The summed E-state index contributed by atoms with van der Waals surface area (Å²) in [6.45, 7) is 8.59. The maximum absolute atomic E-state index is 13.2. The van der Waals surface area contributed by atoms with Crippen molar-refractivity contribution in [1.29, 1.82) is 0 Å². The van der Waals surface area contributed by atoms with Crippen molar-refractivity contribution in [2.24, 2.45) is 5.92 Å².